The topological polar surface area (TPSA) is 132 Å². The zero-order valence-corrected chi connectivity index (χ0v) is 36.1. The normalized spacial score (nSPS) is 18.5. The van der Waals surface area contributed by atoms with Crippen LogP contribution < -0.4 is 30.3 Å². The Hall–Kier alpha value is -5.23. The maximum Gasteiger partial charge on any atom is 0.405 e. The van der Waals surface area contributed by atoms with Gasteiger partial charge in [-0.3, -0.25) is 9.59 Å². The van der Waals surface area contributed by atoms with E-state index < -0.39 is 24.1 Å². The lowest BCUT2D eigenvalue weighted by molar-refractivity contribution is -0.139. The van der Waals surface area contributed by atoms with E-state index in [0.29, 0.717) is 48.8 Å². The van der Waals surface area contributed by atoms with Crippen LogP contribution in [0.25, 0.3) is 0 Å². The maximum absolute atomic E-state index is 14.3. The van der Waals surface area contributed by atoms with Gasteiger partial charge in [0.15, 0.2) is 0 Å². The number of rotatable bonds is 13. The molecule has 0 spiro atoms. The minimum atomic E-state index is -1.28. The molecule has 58 heavy (non-hydrogen) atoms. The van der Waals surface area contributed by atoms with Gasteiger partial charge >= 0.3 is 6.09 Å². The quantitative estimate of drug-likeness (QED) is 0.105. The molecular weight excluding hydrogens is 798 g/mol. The first-order valence-corrected chi connectivity index (χ1v) is 20.8. The number of carboxylic acid groups (broad SMARTS) is 1. The van der Waals surface area contributed by atoms with E-state index in [2.05, 4.69) is 118 Å². The summed E-state index contributed by atoms with van der Waals surface area (Å²) in [5.74, 6) is 0.339. The highest BCUT2D eigenvalue weighted by Gasteiger charge is 2.40. The summed E-state index contributed by atoms with van der Waals surface area (Å²) in [7, 11) is 3.23. The van der Waals surface area contributed by atoms with Gasteiger partial charge in [0.2, 0.25) is 11.8 Å². The van der Waals surface area contributed by atoms with Crippen LogP contribution in [0.2, 0.25) is 0 Å². The number of ether oxygens (including phenoxy) is 2. The maximum atomic E-state index is 14.3. The van der Waals surface area contributed by atoms with Gasteiger partial charge in [-0.25, -0.2) is 4.79 Å². The molecule has 2 heterocycles. The molecule has 2 fully saturated rings. The third-order valence-electron chi connectivity index (χ3n) is 11.4. The molecule has 4 N–H and O–H groups in total. The molecule has 308 valence electrons. The molecular formula is C46H56BrN5O6. The van der Waals surface area contributed by atoms with Crippen LogP contribution in [-0.4, -0.2) is 60.8 Å². The Morgan fingerprint density at radius 2 is 1.52 bits per heavy atom. The van der Waals surface area contributed by atoms with Crippen LogP contribution in [0.3, 0.4) is 0 Å². The summed E-state index contributed by atoms with van der Waals surface area (Å²) in [6, 6.07) is 27.7. The number of anilines is 3. The summed E-state index contributed by atoms with van der Waals surface area (Å²) in [6.45, 7) is 11.0. The molecule has 2 unspecified atom stereocenters. The Morgan fingerprint density at radius 1 is 0.845 bits per heavy atom. The number of halogens is 1. The van der Waals surface area contributed by atoms with Crippen LogP contribution in [0.5, 0.6) is 11.5 Å². The van der Waals surface area contributed by atoms with Crippen molar-refractivity contribution in [1.82, 2.24) is 10.2 Å². The Labute approximate surface area is 350 Å². The number of nitrogens with one attached hydrogen (secondary N) is 3. The minimum absolute atomic E-state index is 0.000956. The fourth-order valence-electron chi connectivity index (χ4n) is 8.20. The fraction of sp³-hybridized carbons (Fsp3) is 0.413. The molecule has 6 rings (SSSR count). The molecule has 0 aliphatic carbocycles. The number of benzene rings is 4. The molecule has 3 amide bonds. The zero-order valence-electron chi connectivity index (χ0n) is 34.5. The largest absolute Gasteiger partial charge is 0.497 e. The molecule has 0 bridgehead atoms. The Morgan fingerprint density at radius 3 is 2.14 bits per heavy atom. The lowest BCUT2D eigenvalue weighted by Gasteiger charge is -2.34. The van der Waals surface area contributed by atoms with Gasteiger partial charge < -0.3 is 40.3 Å². The van der Waals surface area contributed by atoms with Crippen molar-refractivity contribution in [2.45, 2.75) is 96.4 Å². The molecule has 4 aromatic rings. The van der Waals surface area contributed by atoms with E-state index in [1.54, 1.807) is 28.1 Å². The Bertz CT molecular complexity index is 2080. The summed E-state index contributed by atoms with van der Waals surface area (Å²) < 4.78 is 12.1. The van der Waals surface area contributed by atoms with Crippen LogP contribution in [0.15, 0.2) is 89.4 Å². The Balaban J connectivity index is 1.36. The number of hydrogen-bond donors (Lipinski definition) is 4. The van der Waals surface area contributed by atoms with Crippen LogP contribution >= 0.6 is 15.9 Å². The Kier molecular flexibility index (Phi) is 13.3. The summed E-state index contributed by atoms with van der Waals surface area (Å²) in [6.07, 6.45) is 1.65. The fourth-order valence-corrected chi connectivity index (χ4v) is 8.47. The molecule has 11 nitrogen and oxygen atoms in total. The standard InChI is InChI=1S/C46H56BrN5O6/c1-28(2)42(50-45(55)56)44(54)51-24-8-9-40(51)43(53)49-37-25-30(13-21-36(37)48-27-31-12-20-35(57-6)26-41(31)58-7)39-23-22-38(29-10-16-33(47)17-11-29)52(39)34-18-14-32(15-19-34)46(3,4)5/h10-21,25-26,28,38-40,42,48,50H,8-9,22-24,27H2,1-7H3,(H,49,53)(H,55,56)/t38?,39?,40-,42-/m0/s1. The van der Waals surface area contributed by atoms with Crippen molar-refractivity contribution >= 4 is 50.9 Å². The highest BCUT2D eigenvalue weighted by molar-refractivity contribution is 9.10. The average molecular weight is 855 g/mol. The van der Waals surface area contributed by atoms with E-state index in [1.807, 2.05) is 24.3 Å². The summed E-state index contributed by atoms with van der Waals surface area (Å²) in [5, 5.41) is 18.6. The molecule has 0 aromatic heterocycles. The summed E-state index contributed by atoms with van der Waals surface area (Å²) in [4.78, 5) is 43.7. The van der Waals surface area contributed by atoms with Gasteiger partial charge in [-0.1, -0.05) is 80.9 Å². The number of hydrogen-bond acceptors (Lipinski definition) is 7. The van der Waals surface area contributed by atoms with E-state index in [0.717, 1.165) is 34.1 Å². The van der Waals surface area contributed by atoms with E-state index in [1.165, 1.54) is 16.0 Å². The lowest BCUT2D eigenvalue weighted by Crippen LogP contribution is -2.54. The van der Waals surface area contributed by atoms with Gasteiger partial charge in [0.05, 0.1) is 37.7 Å². The van der Waals surface area contributed by atoms with Crippen LogP contribution in [0.4, 0.5) is 21.9 Å². The zero-order chi connectivity index (χ0) is 41.7. The SMILES string of the molecule is COc1ccc(CNc2ccc(C3CCC(c4ccc(Br)cc4)N3c3ccc(C(C)(C)C)cc3)cc2NC(=O)[C@@H]2CCCN2C(=O)[C@@H](NC(=O)O)C(C)C)c(OC)c1. The summed E-state index contributed by atoms with van der Waals surface area (Å²) in [5.41, 5.74) is 6.89. The first-order valence-electron chi connectivity index (χ1n) is 20.0. The number of methoxy groups -OCH3 is 2. The van der Waals surface area contributed by atoms with Crippen molar-refractivity contribution in [2.24, 2.45) is 5.92 Å². The van der Waals surface area contributed by atoms with Crippen molar-refractivity contribution in [3.05, 3.63) is 112 Å². The van der Waals surface area contributed by atoms with Gasteiger partial charge in [-0.15, -0.1) is 0 Å². The average Bonchev–Trinajstić information content (AvgIpc) is 3.88. The van der Waals surface area contributed by atoms with Crippen molar-refractivity contribution in [3.8, 4) is 11.5 Å². The van der Waals surface area contributed by atoms with Crippen molar-refractivity contribution in [1.29, 1.82) is 0 Å². The molecule has 2 saturated heterocycles. The molecule has 4 atom stereocenters. The third-order valence-corrected chi connectivity index (χ3v) is 11.9. The van der Waals surface area contributed by atoms with E-state index in [4.69, 9.17) is 9.47 Å². The van der Waals surface area contributed by atoms with Crippen LogP contribution in [0, 0.1) is 5.92 Å². The first kappa shape index (κ1) is 42.4. The second-order valence-corrected chi connectivity index (χ2v) is 17.5. The minimum Gasteiger partial charge on any atom is -0.497 e. The van der Waals surface area contributed by atoms with Crippen LogP contribution in [-0.2, 0) is 21.5 Å². The number of carbonyl (C=O) groups excluding carboxylic acids is 2. The number of nitrogens with zero attached hydrogens (tertiary/aromatic N) is 2. The van der Waals surface area contributed by atoms with E-state index >= 15 is 0 Å². The molecule has 0 radical (unpaired) electrons. The molecule has 12 heteroatoms. The third kappa shape index (κ3) is 9.55. The first-order chi connectivity index (χ1) is 27.7. The predicted octanol–water partition coefficient (Wildman–Crippen LogP) is 9.68. The summed E-state index contributed by atoms with van der Waals surface area (Å²) >= 11 is 3.61. The van der Waals surface area contributed by atoms with E-state index in [-0.39, 0.29) is 29.3 Å². The van der Waals surface area contributed by atoms with Gasteiger partial charge in [-0.05, 0) is 102 Å². The second kappa shape index (κ2) is 18.1. The highest BCUT2D eigenvalue weighted by Crippen LogP contribution is 2.48. The predicted molar refractivity (Wildman–Crippen MR) is 233 cm³/mol. The monoisotopic (exact) mass is 853 g/mol. The van der Waals surface area contributed by atoms with Crippen molar-refractivity contribution in [3.63, 3.8) is 0 Å². The lowest BCUT2D eigenvalue weighted by atomic mass is 9.87. The molecule has 2 aliphatic rings. The van der Waals surface area contributed by atoms with E-state index in [9.17, 15) is 19.5 Å². The second-order valence-electron chi connectivity index (χ2n) is 16.6. The van der Waals surface area contributed by atoms with Gasteiger partial charge in [-0.2, -0.15) is 0 Å². The smallest absolute Gasteiger partial charge is 0.405 e. The van der Waals surface area contributed by atoms with Gasteiger partial charge in [0.1, 0.15) is 23.6 Å². The molecule has 2 aliphatic heterocycles. The van der Waals surface area contributed by atoms with Crippen molar-refractivity contribution in [2.75, 3.05) is 36.3 Å². The highest BCUT2D eigenvalue weighted by atomic mass is 79.9. The number of likely N-dealkylation sites (tertiary alicyclic amines) is 1. The number of amides is 3. The molecule has 4 aromatic carbocycles. The van der Waals surface area contributed by atoms with Gasteiger partial charge in [0, 0.05) is 34.9 Å². The van der Waals surface area contributed by atoms with Crippen molar-refractivity contribution < 1.29 is 29.0 Å². The van der Waals surface area contributed by atoms with Gasteiger partial charge in [0.25, 0.3) is 0 Å². The number of carbonyl (C=O) groups is 3. The van der Waals surface area contributed by atoms with Crippen LogP contribution in [0.1, 0.15) is 94.6 Å². The molecule has 0 saturated carbocycles.